The van der Waals surface area contributed by atoms with Crippen molar-refractivity contribution >= 4 is 23.9 Å². The molecule has 9 aromatic rings. The van der Waals surface area contributed by atoms with Crippen LogP contribution in [0.25, 0.3) is 44.5 Å². The van der Waals surface area contributed by atoms with Crippen molar-refractivity contribution in [1.82, 2.24) is 4.90 Å². The number of hydrogen-bond donors (Lipinski definition) is 2. The van der Waals surface area contributed by atoms with Gasteiger partial charge in [-0.1, -0.05) is 206 Å². The summed E-state index contributed by atoms with van der Waals surface area (Å²) in [5.41, 5.74) is 11.0. The lowest BCUT2D eigenvalue weighted by Gasteiger charge is -2.21. The normalized spacial score (nSPS) is 11.2. The van der Waals surface area contributed by atoms with Crippen molar-refractivity contribution in [3.63, 3.8) is 0 Å². The van der Waals surface area contributed by atoms with Gasteiger partial charge in [0.1, 0.15) is 58.4 Å². The number of aliphatic hydroxyl groups is 2. The molecule has 0 radical (unpaired) electrons. The van der Waals surface area contributed by atoms with Crippen LogP contribution in [-0.4, -0.2) is 138 Å². The number of unbranched alkanes of at least 4 members (excludes halogenated alkanes) is 15. The monoisotopic (exact) mass is 1700 g/mol. The van der Waals surface area contributed by atoms with E-state index in [-0.39, 0.29) is 25.7 Å². The van der Waals surface area contributed by atoms with Gasteiger partial charge in [-0.05, 0) is 251 Å². The molecule has 0 amide bonds. The van der Waals surface area contributed by atoms with Crippen LogP contribution in [0.3, 0.4) is 0 Å². The molecular weight excluding hydrogens is 1580 g/mol. The van der Waals surface area contributed by atoms with Gasteiger partial charge in [0.2, 0.25) is 0 Å². The van der Waals surface area contributed by atoms with E-state index in [0.717, 1.165) is 221 Å². The standard InChI is InChI=1S/C60H74O11.C46H55NO7/c1-46(2)59(62)70-57-28-22-52(23-29-57)50-18-16-48(17-19-50)42-64-37-13-9-7-10-14-39-66-44-49(45-69-56-34-32-55(33-35-56)68-41-36-61)43-65-38-12-8-5-6-11-15-40-67-54-26-20-51(21-27-54)53-24-30-58(31-25-53)71-60(63)47(3)4;1-35(2)45(49)53-43-25-17-39(18-26-43)37-13-21-41(22-14-37)51-33-11-7-5-9-29-47(31-32-48)30-10-6-8-12-34-52-42-23-15-38(16-24-42)40-19-27-44(28-20-40)54-46(50)36(3)4/h16-35,49,61H,1,3,5-15,36-45H2,2,4H3;13-28,48H,1,3,5-12,29-34H2,2,4H3. The fourth-order valence-electron chi connectivity index (χ4n) is 13.1. The zero-order chi connectivity index (χ0) is 88.9. The summed E-state index contributed by atoms with van der Waals surface area (Å²) < 4.78 is 68.9. The van der Waals surface area contributed by atoms with Gasteiger partial charge in [-0.2, -0.15) is 0 Å². The van der Waals surface area contributed by atoms with Crippen molar-refractivity contribution in [3.05, 3.63) is 273 Å². The maximum atomic E-state index is 11.8. The summed E-state index contributed by atoms with van der Waals surface area (Å²) in [6, 6.07) is 69.7. The molecule has 0 saturated carbocycles. The number of ether oxygens (including phenoxy) is 12. The van der Waals surface area contributed by atoms with Crippen LogP contribution < -0.4 is 42.6 Å². The highest BCUT2D eigenvalue weighted by Crippen LogP contribution is 2.31. The molecule has 0 aliphatic heterocycles. The molecule has 0 fully saturated rings. The molecule has 0 aliphatic rings. The van der Waals surface area contributed by atoms with Crippen molar-refractivity contribution < 1.29 is 86.2 Å². The molecule has 125 heavy (non-hydrogen) atoms. The number of rotatable bonds is 60. The molecule has 19 heteroatoms. The molecule has 0 bridgehead atoms. The number of aliphatic hydroxyl groups excluding tert-OH is 2. The largest absolute Gasteiger partial charge is 0.494 e. The van der Waals surface area contributed by atoms with Crippen LogP contribution in [0, 0.1) is 5.92 Å². The summed E-state index contributed by atoms with van der Waals surface area (Å²) in [5.74, 6) is 4.38. The van der Waals surface area contributed by atoms with E-state index >= 15 is 0 Å². The second kappa shape index (κ2) is 57.9. The highest BCUT2D eigenvalue weighted by atomic mass is 16.6. The summed E-state index contributed by atoms with van der Waals surface area (Å²) in [4.78, 5) is 49.3. The van der Waals surface area contributed by atoms with Gasteiger partial charge in [-0.15, -0.1) is 0 Å². The molecule has 9 rings (SSSR count). The fraction of sp³-hybridized carbons (Fsp3) is 0.377. The minimum Gasteiger partial charge on any atom is -0.494 e. The molecule has 0 spiro atoms. The SMILES string of the molecule is C=C(C)C(=O)Oc1ccc(-c2ccc(COCCCCCCCOCC(COCCCCCCCCOc3ccc(-c4ccc(OC(=O)C(=C)C)cc4)cc3)COc3ccc(OCCO)cc3)cc2)cc1.C=C(C)C(=O)Oc1ccc(-c2ccc(OCCCCCCN(CCO)CCCCCCOc3ccc(-c4ccc(OC(=O)C(=C)C)cc4)cc3)cc2)cc1. The molecule has 0 aliphatic carbocycles. The number of benzene rings is 9. The summed E-state index contributed by atoms with van der Waals surface area (Å²) in [5, 5.41) is 18.6. The average molecular weight is 1710 g/mol. The summed E-state index contributed by atoms with van der Waals surface area (Å²) in [6.45, 7) is 30.5. The average Bonchev–Trinajstić information content (AvgIpc) is 0.860. The molecule has 19 nitrogen and oxygen atoms in total. The summed E-state index contributed by atoms with van der Waals surface area (Å²) in [6.07, 6.45) is 20.7. The number of carbonyl (C=O) groups excluding carboxylic acids is 4. The molecular formula is C106H129NO18. The maximum Gasteiger partial charge on any atom is 0.338 e. The van der Waals surface area contributed by atoms with Crippen LogP contribution in [0.4, 0.5) is 0 Å². The highest BCUT2D eigenvalue weighted by Gasteiger charge is 2.16. The zero-order valence-electron chi connectivity index (χ0n) is 73.8. The Morgan fingerprint density at radius 3 is 0.768 bits per heavy atom. The van der Waals surface area contributed by atoms with E-state index in [2.05, 4.69) is 55.5 Å². The van der Waals surface area contributed by atoms with Gasteiger partial charge < -0.3 is 72.0 Å². The fourth-order valence-corrected chi connectivity index (χ4v) is 13.1. The smallest absolute Gasteiger partial charge is 0.338 e. The quantitative estimate of drug-likeness (QED) is 0.0156. The zero-order valence-corrected chi connectivity index (χ0v) is 73.8. The van der Waals surface area contributed by atoms with Crippen LogP contribution in [0.5, 0.6) is 51.7 Å². The Labute approximate surface area is 740 Å². The third-order valence-electron chi connectivity index (χ3n) is 20.4. The Hall–Kier alpha value is -11.4. The Balaban J connectivity index is 0.000000321. The Kier molecular flexibility index (Phi) is 45.9. The van der Waals surface area contributed by atoms with Gasteiger partial charge in [-0.25, -0.2) is 19.2 Å². The summed E-state index contributed by atoms with van der Waals surface area (Å²) in [7, 11) is 0. The number of carbonyl (C=O) groups is 4. The first kappa shape index (κ1) is 99.0. The summed E-state index contributed by atoms with van der Waals surface area (Å²) >= 11 is 0. The molecule has 9 aromatic carbocycles. The Morgan fingerprint density at radius 1 is 0.256 bits per heavy atom. The molecule has 0 aromatic heterocycles. The number of nitrogens with zero attached hydrogens (tertiary/aromatic N) is 1. The van der Waals surface area contributed by atoms with Gasteiger partial charge in [0.05, 0.1) is 59.5 Å². The molecule has 666 valence electrons. The third kappa shape index (κ3) is 39.5. The minimum atomic E-state index is -0.430. The van der Waals surface area contributed by atoms with E-state index in [1.807, 2.05) is 146 Å². The van der Waals surface area contributed by atoms with E-state index in [4.69, 9.17) is 61.9 Å². The molecule has 2 N–H and O–H groups in total. The van der Waals surface area contributed by atoms with Crippen molar-refractivity contribution in [1.29, 1.82) is 0 Å². The number of hydrogen-bond acceptors (Lipinski definition) is 19. The predicted molar refractivity (Wildman–Crippen MR) is 496 cm³/mol. The molecule has 1 unspecified atom stereocenters. The highest BCUT2D eigenvalue weighted by molar-refractivity contribution is 5.90. The van der Waals surface area contributed by atoms with E-state index < -0.39 is 23.9 Å². The predicted octanol–water partition coefficient (Wildman–Crippen LogP) is 22.8. The van der Waals surface area contributed by atoms with Gasteiger partial charge >= 0.3 is 23.9 Å². The first-order valence-corrected chi connectivity index (χ1v) is 44.1. The van der Waals surface area contributed by atoms with Gasteiger partial charge in [0.15, 0.2) is 0 Å². The van der Waals surface area contributed by atoms with Crippen molar-refractivity contribution in [2.75, 3.05) is 98.9 Å². The van der Waals surface area contributed by atoms with Crippen LogP contribution in [0.15, 0.2) is 267 Å². The van der Waals surface area contributed by atoms with E-state index in [9.17, 15) is 24.3 Å². The molecule has 0 saturated heterocycles. The lowest BCUT2D eigenvalue weighted by atomic mass is 10.0. The van der Waals surface area contributed by atoms with Crippen molar-refractivity contribution in [3.8, 4) is 96.3 Å². The Bertz CT molecular complexity index is 4360. The minimum absolute atomic E-state index is 0.0299. The van der Waals surface area contributed by atoms with Crippen LogP contribution >= 0.6 is 0 Å². The second-order valence-electron chi connectivity index (χ2n) is 31.3. The number of esters is 4. The van der Waals surface area contributed by atoms with Gasteiger partial charge in [0, 0.05) is 54.6 Å². The maximum absolute atomic E-state index is 11.8. The second-order valence-corrected chi connectivity index (χ2v) is 31.3. The first-order chi connectivity index (χ1) is 60.9. The van der Waals surface area contributed by atoms with Crippen LogP contribution in [-0.2, 0) is 40.0 Å². The first-order valence-electron chi connectivity index (χ1n) is 44.1. The van der Waals surface area contributed by atoms with Gasteiger partial charge in [0.25, 0.3) is 0 Å². The molecule has 0 heterocycles. The topological polar surface area (TPSA) is 223 Å². The van der Waals surface area contributed by atoms with E-state index in [0.29, 0.717) is 111 Å². The lowest BCUT2D eigenvalue weighted by molar-refractivity contribution is -0.130. The van der Waals surface area contributed by atoms with Crippen LogP contribution in [0.2, 0.25) is 0 Å². The van der Waals surface area contributed by atoms with E-state index in [1.54, 1.807) is 76.2 Å². The van der Waals surface area contributed by atoms with Crippen molar-refractivity contribution in [2.45, 2.75) is 156 Å². The van der Waals surface area contributed by atoms with Crippen molar-refractivity contribution in [2.24, 2.45) is 5.92 Å². The van der Waals surface area contributed by atoms with E-state index in [1.165, 1.54) is 0 Å². The van der Waals surface area contributed by atoms with Crippen LogP contribution in [0.1, 0.15) is 155 Å². The van der Waals surface area contributed by atoms with Gasteiger partial charge in [-0.3, -0.25) is 0 Å². The third-order valence-corrected chi connectivity index (χ3v) is 20.4. The molecule has 1 atom stereocenters. The lowest BCUT2D eigenvalue weighted by Crippen LogP contribution is -2.29. The Morgan fingerprint density at radius 2 is 0.488 bits per heavy atom.